The maximum absolute atomic E-state index is 7.10. The zero-order valence-corrected chi connectivity index (χ0v) is 9.60. The van der Waals surface area contributed by atoms with Gasteiger partial charge in [0.1, 0.15) is 0 Å². The van der Waals surface area contributed by atoms with Crippen molar-refractivity contribution in [1.29, 1.82) is 0 Å². The minimum absolute atomic E-state index is 0.483. The van der Waals surface area contributed by atoms with E-state index in [1.165, 1.54) is 0 Å². The molecule has 0 bridgehead atoms. The predicted molar refractivity (Wildman–Crippen MR) is 62.4 cm³/mol. The summed E-state index contributed by atoms with van der Waals surface area (Å²) in [5, 5.41) is 4.18. The van der Waals surface area contributed by atoms with E-state index in [-0.39, 0.29) is 0 Å². The average Bonchev–Trinajstić information content (AvgIpc) is 2.78. The third-order valence-electron chi connectivity index (χ3n) is 3.17. The van der Waals surface area contributed by atoms with Gasteiger partial charge in [0.05, 0.1) is 19.9 Å². The van der Waals surface area contributed by atoms with Gasteiger partial charge in [0.15, 0.2) is 5.65 Å². The van der Waals surface area contributed by atoms with Gasteiger partial charge in [0.25, 0.3) is 0 Å². The molecule has 0 saturated heterocycles. The highest BCUT2D eigenvalue weighted by atomic mass is 16.5. The van der Waals surface area contributed by atoms with Crippen LogP contribution in [0.4, 0.5) is 5.69 Å². The van der Waals surface area contributed by atoms with E-state index in [1.807, 2.05) is 0 Å². The molecule has 2 aromatic rings. The summed E-state index contributed by atoms with van der Waals surface area (Å²) in [6.07, 6.45) is 5.80. The van der Waals surface area contributed by atoms with E-state index in [0.717, 1.165) is 42.8 Å². The Balaban J connectivity index is 2.37. The standard InChI is InChI=1S/C12H12N4O/c1-13-10-7-14-16-11(10)15-9-6-4-3-5-8(9)12(16)17-2/h7H,3-6H2,2H3. The first-order chi connectivity index (χ1) is 8.35. The molecule has 5 heteroatoms. The van der Waals surface area contributed by atoms with E-state index in [2.05, 4.69) is 14.9 Å². The normalized spacial score (nSPS) is 14.4. The van der Waals surface area contributed by atoms with Gasteiger partial charge < -0.3 is 4.74 Å². The van der Waals surface area contributed by atoms with Crippen LogP contribution in [0.1, 0.15) is 24.1 Å². The molecule has 0 unspecified atom stereocenters. The molecule has 86 valence electrons. The second kappa shape index (κ2) is 3.74. The molecular formula is C12H12N4O. The van der Waals surface area contributed by atoms with E-state index in [0.29, 0.717) is 11.3 Å². The molecule has 0 aliphatic heterocycles. The molecule has 0 aromatic carbocycles. The van der Waals surface area contributed by atoms with Crippen LogP contribution >= 0.6 is 0 Å². The van der Waals surface area contributed by atoms with Gasteiger partial charge in [-0.25, -0.2) is 9.83 Å². The zero-order chi connectivity index (χ0) is 11.8. The van der Waals surface area contributed by atoms with Crippen LogP contribution in [0, 0.1) is 6.57 Å². The first kappa shape index (κ1) is 10.1. The Morgan fingerprint density at radius 2 is 2.24 bits per heavy atom. The number of rotatable bonds is 1. The van der Waals surface area contributed by atoms with Gasteiger partial charge in [-0.05, 0) is 25.7 Å². The smallest absolute Gasteiger partial charge is 0.250 e. The highest BCUT2D eigenvalue weighted by Gasteiger charge is 2.21. The topological polar surface area (TPSA) is 43.8 Å². The minimum Gasteiger partial charge on any atom is -0.481 e. The molecular weight excluding hydrogens is 216 g/mol. The lowest BCUT2D eigenvalue weighted by Crippen LogP contribution is -2.11. The summed E-state index contributed by atoms with van der Waals surface area (Å²) >= 11 is 0. The second-order valence-electron chi connectivity index (χ2n) is 4.13. The fraction of sp³-hybridized carbons (Fsp3) is 0.417. The molecule has 0 N–H and O–H groups in total. The van der Waals surface area contributed by atoms with Crippen LogP contribution < -0.4 is 4.74 Å². The number of fused-ring (bicyclic) bond motifs is 2. The first-order valence-corrected chi connectivity index (χ1v) is 5.66. The molecule has 0 amide bonds. The summed E-state index contributed by atoms with van der Waals surface area (Å²) in [6.45, 7) is 7.10. The van der Waals surface area contributed by atoms with Crippen molar-refractivity contribution < 1.29 is 4.74 Å². The van der Waals surface area contributed by atoms with Crippen molar-refractivity contribution in [2.75, 3.05) is 7.11 Å². The van der Waals surface area contributed by atoms with Crippen molar-refractivity contribution in [3.05, 3.63) is 28.9 Å². The van der Waals surface area contributed by atoms with Gasteiger partial charge in [-0.1, -0.05) is 0 Å². The number of ether oxygens (including phenoxy) is 1. The van der Waals surface area contributed by atoms with Gasteiger partial charge in [-0.3, -0.25) is 0 Å². The Hall–Kier alpha value is -2.09. The number of hydrogen-bond donors (Lipinski definition) is 0. The zero-order valence-electron chi connectivity index (χ0n) is 9.60. The Morgan fingerprint density at radius 3 is 3.00 bits per heavy atom. The number of hydrogen-bond acceptors (Lipinski definition) is 3. The van der Waals surface area contributed by atoms with E-state index in [4.69, 9.17) is 11.3 Å². The fourth-order valence-electron chi connectivity index (χ4n) is 2.37. The van der Waals surface area contributed by atoms with Crippen LogP contribution in [0.5, 0.6) is 5.88 Å². The van der Waals surface area contributed by atoms with Crippen molar-refractivity contribution in [2.24, 2.45) is 0 Å². The Morgan fingerprint density at radius 1 is 1.41 bits per heavy atom. The number of aromatic nitrogens is 3. The Bertz CT molecular complexity index is 623. The maximum atomic E-state index is 7.10. The van der Waals surface area contributed by atoms with Crippen molar-refractivity contribution >= 4 is 11.3 Å². The highest BCUT2D eigenvalue weighted by molar-refractivity contribution is 5.69. The van der Waals surface area contributed by atoms with Gasteiger partial charge in [0, 0.05) is 11.3 Å². The van der Waals surface area contributed by atoms with Crippen LogP contribution in [0.3, 0.4) is 0 Å². The molecule has 2 heterocycles. The molecule has 1 aliphatic rings. The Labute approximate surface area is 98.9 Å². The van der Waals surface area contributed by atoms with Crippen LogP contribution in [-0.2, 0) is 12.8 Å². The van der Waals surface area contributed by atoms with E-state index in [9.17, 15) is 0 Å². The van der Waals surface area contributed by atoms with Crippen LogP contribution in [-0.4, -0.2) is 21.7 Å². The molecule has 5 nitrogen and oxygen atoms in total. The van der Waals surface area contributed by atoms with Gasteiger partial charge in [0.2, 0.25) is 11.6 Å². The molecule has 0 fully saturated rings. The molecule has 0 radical (unpaired) electrons. The third kappa shape index (κ3) is 1.37. The molecule has 1 aliphatic carbocycles. The van der Waals surface area contributed by atoms with Gasteiger partial charge in [-0.2, -0.15) is 9.61 Å². The van der Waals surface area contributed by atoms with E-state index >= 15 is 0 Å². The Kier molecular flexibility index (Phi) is 2.22. The quantitative estimate of drug-likeness (QED) is 0.702. The van der Waals surface area contributed by atoms with Crippen LogP contribution in [0.25, 0.3) is 10.5 Å². The van der Waals surface area contributed by atoms with Crippen LogP contribution in [0.15, 0.2) is 6.20 Å². The van der Waals surface area contributed by atoms with Gasteiger partial charge >= 0.3 is 0 Å². The van der Waals surface area contributed by atoms with E-state index in [1.54, 1.807) is 17.8 Å². The first-order valence-electron chi connectivity index (χ1n) is 5.66. The van der Waals surface area contributed by atoms with Crippen molar-refractivity contribution in [1.82, 2.24) is 14.6 Å². The minimum atomic E-state index is 0.483. The lowest BCUT2D eigenvalue weighted by molar-refractivity contribution is 0.375. The van der Waals surface area contributed by atoms with Crippen molar-refractivity contribution in [3.8, 4) is 5.88 Å². The fourth-order valence-corrected chi connectivity index (χ4v) is 2.37. The summed E-state index contributed by atoms with van der Waals surface area (Å²) in [5.41, 5.74) is 3.30. The lowest BCUT2D eigenvalue weighted by Gasteiger charge is -2.18. The maximum Gasteiger partial charge on any atom is 0.250 e. The summed E-state index contributed by atoms with van der Waals surface area (Å²) in [4.78, 5) is 7.99. The van der Waals surface area contributed by atoms with Crippen LogP contribution in [0.2, 0.25) is 0 Å². The summed E-state index contributed by atoms with van der Waals surface area (Å²) < 4.78 is 7.08. The largest absolute Gasteiger partial charge is 0.481 e. The molecule has 0 spiro atoms. The third-order valence-corrected chi connectivity index (χ3v) is 3.17. The second-order valence-corrected chi connectivity index (χ2v) is 4.13. The predicted octanol–water partition coefficient (Wildman–Crippen LogP) is 2.17. The number of nitrogens with zero attached hydrogens (tertiary/aromatic N) is 4. The SMILES string of the molecule is [C-]#[N+]c1cnn2c(OC)c3c(nc12)CCCC3. The molecule has 0 atom stereocenters. The van der Waals surface area contributed by atoms with Gasteiger partial charge in [-0.15, -0.1) is 0 Å². The average molecular weight is 228 g/mol. The lowest BCUT2D eigenvalue weighted by atomic mass is 9.97. The van der Waals surface area contributed by atoms with E-state index < -0.39 is 0 Å². The monoisotopic (exact) mass is 228 g/mol. The number of aryl methyl sites for hydroxylation is 1. The molecule has 17 heavy (non-hydrogen) atoms. The van der Waals surface area contributed by atoms with Crippen molar-refractivity contribution in [2.45, 2.75) is 25.7 Å². The van der Waals surface area contributed by atoms with Crippen molar-refractivity contribution in [3.63, 3.8) is 0 Å². The summed E-state index contributed by atoms with van der Waals surface area (Å²) in [5.74, 6) is 0.736. The number of methoxy groups -OCH3 is 1. The summed E-state index contributed by atoms with van der Waals surface area (Å²) in [7, 11) is 1.64. The molecule has 3 rings (SSSR count). The summed E-state index contributed by atoms with van der Waals surface area (Å²) in [6, 6.07) is 0. The highest BCUT2D eigenvalue weighted by Crippen LogP contribution is 2.31. The molecule has 0 saturated carbocycles. The molecule has 2 aromatic heterocycles.